The van der Waals surface area contributed by atoms with E-state index < -0.39 is 5.60 Å². The highest BCUT2D eigenvalue weighted by atomic mass is 16.6. The van der Waals surface area contributed by atoms with E-state index in [0.29, 0.717) is 5.41 Å². The predicted octanol–water partition coefficient (Wildman–Crippen LogP) is 3.33. The van der Waals surface area contributed by atoms with Gasteiger partial charge in [-0.25, -0.2) is 4.79 Å². The summed E-state index contributed by atoms with van der Waals surface area (Å²) in [6.07, 6.45) is 6.10. The number of hydrogen-bond acceptors (Lipinski definition) is 3. The van der Waals surface area contributed by atoms with E-state index in [9.17, 15) is 4.79 Å². The van der Waals surface area contributed by atoms with Crippen molar-refractivity contribution in [2.75, 3.05) is 20.2 Å². The molecule has 1 spiro atoms. The van der Waals surface area contributed by atoms with Gasteiger partial charge in [-0.1, -0.05) is 0 Å². The minimum atomic E-state index is -0.406. The van der Waals surface area contributed by atoms with Crippen LogP contribution in [0.3, 0.4) is 0 Å². The lowest BCUT2D eigenvalue weighted by Gasteiger charge is -2.49. The molecule has 1 saturated carbocycles. The Morgan fingerprint density at radius 2 is 1.84 bits per heavy atom. The number of rotatable bonds is 1. The molecule has 108 valence electrons. The Hall–Kier alpha value is -1.19. The topological polar surface area (TPSA) is 38.8 Å². The molecule has 2 rings (SSSR count). The third-order valence-corrected chi connectivity index (χ3v) is 3.96. The average Bonchev–Trinajstić information content (AvgIpc) is 2.26. The van der Waals surface area contributed by atoms with Gasteiger partial charge in [-0.15, -0.1) is 0 Å². The number of carbonyl (C=O) groups excluding carboxylic acids is 1. The molecular weight excluding hydrogens is 242 g/mol. The second-order valence-electron chi connectivity index (χ2n) is 6.83. The van der Waals surface area contributed by atoms with E-state index in [0.717, 1.165) is 38.8 Å². The summed E-state index contributed by atoms with van der Waals surface area (Å²) in [5, 5.41) is 0. The van der Waals surface area contributed by atoms with Gasteiger partial charge in [-0.2, -0.15) is 0 Å². The van der Waals surface area contributed by atoms with Gasteiger partial charge in [-0.05, 0) is 57.4 Å². The number of methoxy groups -OCH3 is 1. The molecule has 2 aliphatic rings. The Morgan fingerprint density at radius 1 is 1.26 bits per heavy atom. The molecule has 0 aromatic rings. The van der Waals surface area contributed by atoms with E-state index in [1.165, 1.54) is 5.57 Å². The Morgan fingerprint density at radius 3 is 2.32 bits per heavy atom. The molecule has 0 unspecified atom stereocenters. The smallest absolute Gasteiger partial charge is 0.410 e. The van der Waals surface area contributed by atoms with Gasteiger partial charge in [0, 0.05) is 13.1 Å². The highest BCUT2D eigenvalue weighted by Gasteiger charge is 2.44. The van der Waals surface area contributed by atoms with Crippen molar-refractivity contribution in [2.45, 2.75) is 52.1 Å². The normalized spacial score (nSPS) is 21.9. The molecular formula is C15H25NO3. The van der Waals surface area contributed by atoms with Crippen molar-refractivity contribution < 1.29 is 14.3 Å². The van der Waals surface area contributed by atoms with E-state index in [4.69, 9.17) is 9.47 Å². The van der Waals surface area contributed by atoms with Gasteiger partial charge in [0.05, 0.1) is 13.4 Å². The fourth-order valence-electron chi connectivity index (χ4n) is 3.01. The maximum Gasteiger partial charge on any atom is 0.410 e. The predicted molar refractivity (Wildman–Crippen MR) is 73.8 cm³/mol. The minimum Gasteiger partial charge on any atom is -0.504 e. The maximum atomic E-state index is 12.0. The zero-order valence-electron chi connectivity index (χ0n) is 12.5. The zero-order chi connectivity index (χ0) is 14.1. The molecule has 1 aliphatic carbocycles. The molecule has 2 fully saturated rings. The first kappa shape index (κ1) is 14.2. The Kier molecular flexibility index (Phi) is 3.79. The fraction of sp³-hybridized carbons (Fsp3) is 0.800. The van der Waals surface area contributed by atoms with Crippen molar-refractivity contribution in [1.82, 2.24) is 4.90 Å². The fourth-order valence-corrected chi connectivity index (χ4v) is 3.01. The van der Waals surface area contributed by atoms with Crippen molar-refractivity contribution in [3.05, 3.63) is 11.8 Å². The molecule has 4 heteroatoms. The van der Waals surface area contributed by atoms with Gasteiger partial charge >= 0.3 is 6.09 Å². The Labute approximate surface area is 115 Å². The number of nitrogens with zero attached hydrogens (tertiary/aromatic N) is 1. The molecule has 0 radical (unpaired) electrons. The van der Waals surface area contributed by atoms with Crippen LogP contribution in [0.5, 0.6) is 0 Å². The van der Waals surface area contributed by atoms with E-state index in [1.807, 2.05) is 31.9 Å². The van der Waals surface area contributed by atoms with Gasteiger partial charge in [0.25, 0.3) is 0 Å². The number of carbonyl (C=O) groups is 1. The molecule has 0 N–H and O–H groups in total. The van der Waals surface area contributed by atoms with Gasteiger partial charge in [0.1, 0.15) is 5.60 Å². The van der Waals surface area contributed by atoms with Crippen molar-refractivity contribution in [2.24, 2.45) is 5.41 Å². The van der Waals surface area contributed by atoms with Gasteiger partial charge < -0.3 is 14.4 Å². The van der Waals surface area contributed by atoms with Gasteiger partial charge in [-0.3, -0.25) is 0 Å². The molecule has 0 aromatic carbocycles. The number of piperidine rings is 1. The molecule has 0 aromatic heterocycles. The van der Waals surface area contributed by atoms with Crippen molar-refractivity contribution >= 4 is 6.09 Å². The third kappa shape index (κ3) is 3.43. The van der Waals surface area contributed by atoms with Crippen LogP contribution in [-0.2, 0) is 9.47 Å². The van der Waals surface area contributed by atoms with Crippen LogP contribution in [0.4, 0.5) is 4.79 Å². The number of amides is 1. The monoisotopic (exact) mass is 267 g/mol. The largest absolute Gasteiger partial charge is 0.504 e. The van der Waals surface area contributed by atoms with Crippen LogP contribution in [0.15, 0.2) is 11.8 Å². The highest BCUT2D eigenvalue weighted by Crippen LogP contribution is 2.52. The third-order valence-electron chi connectivity index (χ3n) is 3.96. The summed E-state index contributed by atoms with van der Waals surface area (Å²) in [6.45, 7) is 7.35. The summed E-state index contributed by atoms with van der Waals surface area (Å²) in [4.78, 5) is 13.8. The van der Waals surface area contributed by atoms with E-state index in [1.54, 1.807) is 7.11 Å². The SMILES string of the molecule is COC=C1CC2(CCN(C(=O)OC(C)(C)C)CC2)C1. The first-order valence-corrected chi connectivity index (χ1v) is 7.02. The van der Waals surface area contributed by atoms with E-state index in [-0.39, 0.29) is 6.09 Å². The van der Waals surface area contributed by atoms with Crippen LogP contribution in [0.25, 0.3) is 0 Å². The summed E-state index contributed by atoms with van der Waals surface area (Å²) in [6, 6.07) is 0. The van der Waals surface area contributed by atoms with Crippen LogP contribution < -0.4 is 0 Å². The Bertz CT molecular complexity index is 363. The summed E-state index contributed by atoms with van der Waals surface area (Å²) < 4.78 is 10.5. The molecule has 1 aliphatic heterocycles. The van der Waals surface area contributed by atoms with Crippen molar-refractivity contribution in [3.63, 3.8) is 0 Å². The zero-order valence-corrected chi connectivity index (χ0v) is 12.5. The quantitative estimate of drug-likeness (QED) is 0.684. The second kappa shape index (κ2) is 5.06. The summed E-state index contributed by atoms with van der Waals surface area (Å²) in [5.41, 5.74) is 1.41. The molecule has 1 heterocycles. The Balaban J connectivity index is 1.81. The highest BCUT2D eigenvalue weighted by molar-refractivity contribution is 5.68. The van der Waals surface area contributed by atoms with Crippen LogP contribution in [0.2, 0.25) is 0 Å². The first-order chi connectivity index (χ1) is 8.84. The molecule has 0 bridgehead atoms. The molecule has 19 heavy (non-hydrogen) atoms. The lowest BCUT2D eigenvalue weighted by molar-refractivity contribution is 0.00383. The number of hydrogen-bond donors (Lipinski definition) is 0. The number of ether oxygens (including phenoxy) is 2. The van der Waals surface area contributed by atoms with Crippen molar-refractivity contribution in [1.29, 1.82) is 0 Å². The molecule has 4 nitrogen and oxygen atoms in total. The van der Waals surface area contributed by atoms with E-state index in [2.05, 4.69) is 0 Å². The molecule has 1 saturated heterocycles. The first-order valence-electron chi connectivity index (χ1n) is 7.02. The molecule has 1 amide bonds. The van der Waals surface area contributed by atoms with Crippen molar-refractivity contribution in [3.8, 4) is 0 Å². The van der Waals surface area contributed by atoms with Crippen LogP contribution in [-0.4, -0.2) is 36.8 Å². The standard InChI is InChI=1S/C15H25NO3/c1-14(2,3)19-13(17)16-7-5-15(6-8-16)9-12(10-15)11-18-4/h11H,5-10H2,1-4H3. The molecule has 0 atom stereocenters. The second-order valence-corrected chi connectivity index (χ2v) is 6.83. The number of allylic oxidation sites excluding steroid dienone is 1. The maximum absolute atomic E-state index is 12.0. The number of likely N-dealkylation sites (tertiary alicyclic amines) is 1. The summed E-state index contributed by atoms with van der Waals surface area (Å²) in [5.74, 6) is 0. The van der Waals surface area contributed by atoms with Gasteiger partial charge in [0.15, 0.2) is 0 Å². The minimum absolute atomic E-state index is 0.172. The average molecular weight is 267 g/mol. The summed E-state index contributed by atoms with van der Waals surface area (Å²) in [7, 11) is 1.70. The summed E-state index contributed by atoms with van der Waals surface area (Å²) >= 11 is 0. The van der Waals surface area contributed by atoms with E-state index >= 15 is 0 Å². The van der Waals surface area contributed by atoms with Crippen LogP contribution in [0.1, 0.15) is 46.5 Å². The lowest BCUT2D eigenvalue weighted by atomic mass is 9.61. The lowest BCUT2D eigenvalue weighted by Crippen LogP contribution is -2.47. The van der Waals surface area contributed by atoms with Gasteiger partial charge in [0.2, 0.25) is 0 Å². The van der Waals surface area contributed by atoms with Crippen LogP contribution in [0, 0.1) is 5.41 Å². The van der Waals surface area contributed by atoms with Crippen LogP contribution >= 0.6 is 0 Å².